The normalized spacial score (nSPS) is 16.2. The fraction of sp³-hybridized carbons (Fsp3) is 0.353. The molecular weight excluding hydrogens is 722 g/mol. The lowest BCUT2D eigenvalue weighted by Gasteiger charge is -2.48. The highest BCUT2D eigenvalue weighted by Crippen LogP contribution is 2.44. The monoisotopic (exact) mass is 777 g/mol. The first-order chi connectivity index (χ1) is 28.0. The number of hydrogen-bond donors (Lipinski definition) is 0. The molecule has 2 fully saturated rings. The van der Waals surface area contributed by atoms with Gasteiger partial charge in [0.15, 0.2) is 5.78 Å². The number of benzene rings is 5. The molecule has 6 heteroatoms. The van der Waals surface area contributed by atoms with Gasteiger partial charge in [-0.2, -0.15) is 0 Å². The van der Waals surface area contributed by atoms with E-state index in [4.69, 9.17) is 16.3 Å². The summed E-state index contributed by atoms with van der Waals surface area (Å²) >= 11 is 6.09. The van der Waals surface area contributed by atoms with Crippen LogP contribution in [0.2, 0.25) is 5.02 Å². The number of halogens is 1. The number of likely N-dealkylation sites (tertiary alicyclic amines) is 2. The first-order valence-electron chi connectivity index (χ1n) is 21.1. The fourth-order valence-corrected chi connectivity index (χ4v) is 9.94. The van der Waals surface area contributed by atoms with Crippen LogP contribution in [0.15, 0.2) is 140 Å². The van der Waals surface area contributed by atoms with Crippen LogP contribution in [0.3, 0.4) is 0 Å². The van der Waals surface area contributed by atoms with E-state index in [9.17, 15) is 4.79 Å². The molecule has 2 saturated heterocycles. The van der Waals surface area contributed by atoms with Crippen molar-refractivity contribution in [2.24, 2.45) is 18.9 Å². The Morgan fingerprint density at radius 3 is 1.79 bits per heavy atom. The summed E-state index contributed by atoms with van der Waals surface area (Å²) < 4.78 is 8.27. The maximum atomic E-state index is 13.9. The van der Waals surface area contributed by atoms with Crippen LogP contribution in [0.5, 0.6) is 5.75 Å². The lowest BCUT2D eigenvalue weighted by Crippen LogP contribution is -2.51. The van der Waals surface area contributed by atoms with Gasteiger partial charge in [0.05, 0.1) is 11.2 Å². The Hall–Kier alpha value is -4.68. The summed E-state index contributed by atoms with van der Waals surface area (Å²) in [5.41, 5.74) is 6.52. The van der Waals surface area contributed by atoms with E-state index in [1.807, 2.05) is 43.4 Å². The van der Waals surface area contributed by atoms with E-state index < -0.39 is 0 Å². The van der Waals surface area contributed by atoms with Gasteiger partial charge in [0.1, 0.15) is 12.4 Å². The molecule has 1 aromatic heterocycles. The molecule has 0 radical (unpaired) electrons. The van der Waals surface area contributed by atoms with Gasteiger partial charge in [0, 0.05) is 35.0 Å². The SMILES string of the molecule is Cn1c(COc2ccc(Cl)cc2)c(C(=O)CCC2CCN(CCCC3CCN(C(c4ccccc4)(c4ccccc4)c4ccccc4)CC3)CC2)c2ccccc21. The van der Waals surface area contributed by atoms with Crippen LogP contribution >= 0.6 is 11.6 Å². The molecule has 0 amide bonds. The van der Waals surface area contributed by atoms with Crippen molar-refractivity contribution in [3.63, 3.8) is 0 Å². The maximum absolute atomic E-state index is 13.9. The van der Waals surface area contributed by atoms with Crippen LogP contribution in [0.4, 0.5) is 0 Å². The summed E-state index contributed by atoms with van der Waals surface area (Å²) in [5.74, 6) is 2.33. The molecule has 2 aliphatic heterocycles. The van der Waals surface area contributed by atoms with Crippen LogP contribution in [0, 0.1) is 11.8 Å². The number of Topliss-reactive ketones (excluding diaryl/α,β-unsaturated/α-hetero) is 1. The van der Waals surface area contributed by atoms with Crippen molar-refractivity contribution < 1.29 is 9.53 Å². The molecule has 0 spiro atoms. The maximum Gasteiger partial charge on any atom is 0.165 e. The Kier molecular flexibility index (Phi) is 12.6. The van der Waals surface area contributed by atoms with E-state index in [1.165, 1.54) is 61.8 Å². The van der Waals surface area contributed by atoms with Gasteiger partial charge in [-0.15, -0.1) is 0 Å². The molecule has 0 bridgehead atoms. The van der Waals surface area contributed by atoms with Gasteiger partial charge in [0.2, 0.25) is 0 Å². The quantitative estimate of drug-likeness (QED) is 0.0769. The number of ketones is 1. The van der Waals surface area contributed by atoms with Gasteiger partial charge >= 0.3 is 0 Å². The topological polar surface area (TPSA) is 37.7 Å². The van der Waals surface area contributed by atoms with Gasteiger partial charge in [-0.1, -0.05) is 121 Å². The van der Waals surface area contributed by atoms with Crippen molar-refractivity contribution >= 4 is 28.3 Å². The summed E-state index contributed by atoms with van der Waals surface area (Å²) in [5, 5.41) is 1.69. The van der Waals surface area contributed by atoms with Gasteiger partial charge in [-0.3, -0.25) is 9.69 Å². The second-order valence-corrected chi connectivity index (χ2v) is 16.7. The second kappa shape index (κ2) is 18.3. The molecule has 294 valence electrons. The van der Waals surface area contributed by atoms with E-state index in [1.54, 1.807) is 0 Å². The largest absolute Gasteiger partial charge is 0.487 e. The standard InChI is InChI=1S/C51H56ClN3O2/c1-53-47-22-12-11-21-46(47)50(48(53)38-57-45-26-24-44(52)25-27-45)49(56)28-23-40-29-34-54(35-30-40)33-13-14-39-31-36-55(37-32-39)51(41-15-5-2-6-16-41,42-17-7-3-8-18-42)43-19-9-4-10-20-43/h2-12,15-22,24-27,39-40H,13-14,23,28-38H2,1H3. The molecule has 5 nitrogen and oxygen atoms in total. The summed E-state index contributed by atoms with van der Waals surface area (Å²) in [6.45, 7) is 5.97. The van der Waals surface area contributed by atoms with E-state index in [2.05, 4.69) is 117 Å². The van der Waals surface area contributed by atoms with Gasteiger partial charge in [0.25, 0.3) is 0 Å². The van der Waals surface area contributed by atoms with Crippen molar-refractivity contribution in [2.45, 2.75) is 63.5 Å². The van der Waals surface area contributed by atoms with Crippen molar-refractivity contribution in [3.05, 3.63) is 172 Å². The predicted molar refractivity (Wildman–Crippen MR) is 234 cm³/mol. The predicted octanol–water partition coefficient (Wildman–Crippen LogP) is 11.6. The fourth-order valence-electron chi connectivity index (χ4n) is 9.81. The molecule has 0 atom stereocenters. The van der Waals surface area contributed by atoms with E-state index in [0.29, 0.717) is 24.0 Å². The molecule has 8 rings (SSSR count). The first-order valence-corrected chi connectivity index (χ1v) is 21.5. The van der Waals surface area contributed by atoms with E-state index in [-0.39, 0.29) is 11.3 Å². The molecule has 0 aliphatic carbocycles. The molecule has 3 heterocycles. The highest BCUT2D eigenvalue weighted by Gasteiger charge is 2.43. The average molecular weight is 778 g/mol. The van der Waals surface area contributed by atoms with Gasteiger partial charge in [-0.05, 0) is 137 Å². The third kappa shape index (κ3) is 8.62. The molecule has 57 heavy (non-hydrogen) atoms. The number of aromatic nitrogens is 1. The zero-order valence-corrected chi connectivity index (χ0v) is 34.1. The van der Waals surface area contributed by atoms with Crippen molar-refractivity contribution in [1.29, 1.82) is 0 Å². The second-order valence-electron chi connectivity index (χ2n) is 16.3. The minimum atomic E-state index is -0.312. The molecule has 0 N–H and O–H groups in total. The summed E-state index contributed by atoms with van der Waals surface area (Å²) in [6.07, 6.45) is 8.89. The first kappa shape index (κ1) is 39.2. The van der Waals surface area contributed by atoms with Crippen LogP contribution in [-0.2, 0) is 19.2 Å². The zero-order chi connectivity index (χ0) is 39.0. The zero-order valence-electron chi connectivity index (χ0n) is 33.4. The summed E-state index contributed by atoms with van der Waals surface area (Å²) in [6, 6.07) is 49.0. The summed E-state index contributed by atoms with van der Waals surface area (Å²) in [7, 11) is 2.03. The van der Waals surface area contributed by atoms with Crippen LogP contribution in [0.25, 0.3) is 10.9 Å². The number of para-hydroxylation sites is 1. The Morgan fingerprint density at radius 2 is 1.19 bits per heavy atom. The molecular formula is C51H56ClN3O2. The van der Waals surface area contributed by atoms with Crippen LogP contribution in [-0.4, -0.2) is 52.9 Å². The van der Waals surface area contributed by atoms with Crippen LogP contribution in [0.1, 0.15) is 84.1 Å². The third-order valence-electron chi connectivity index (χ3n) is 12.9. The lowest BCUT2D eigenvalue weighted by molar-refractivity contribution is 0.0944. The minimum absolute atomic E-state index is 0.225. The Labute approximate surface area is 344 Å². The molecule has 0 saturated carbocycles. The number of fused-ring (bicyclic) bond motifs is 1. The smallest absolute Gasteiger partial charge is 0.165 e. The minimum Gasteiger partial charge on any atom is -0.487 e. The van der Waals surface area contributed by atoms with Crippen molar-refractivity contribution in [2.75, 3.05) is 32.7 Å². The summed E-state index contributed by atoms with van der Waals surface area (Å²) in [4.78, 5) is 19.4. The average Bonchev–Trinajstić information content (AvgIpc) is 3.55. The number of ether oxygens (including phenoxy) is 1. The van der Waals surface area contributed by atoms with Crippen LogP contribution < -0.4 is 4.74 Å². The molecule has 5 aromatic carbocycles. The Bertz CT molecular complexity index is 2090. The Morgan fingerprint density at radius 1 is 0.667 bits per heavy atom. The number of aryl methyl sites for hydroxylation is 1. The highest BCUT2D eigenvalue weighted by atomic mass is 35.5. The van der Waals surface area contributed by atoms with Gasteiger partial charge in [-0.25, -0.2) is 0 Å². The van der Waals surface area contributed by atoms with E-state index >= 15 is 0 Å². The van der Waals surface area contributed by atoms with E-state index in [0.717, 1.165) is 66.4 Å². The lowest BCUT2D eigenvalue weighted by atomic mass is 9.74. The number of hydrogen-bond acceptors (Lipinski definition) is 4. The molecule has 6 aromatic rings. The molecule has 2 aliphatic rings. The third-order valence-corrected chi connectivity index (χ3v) is 13.2. The number of carbonyl (C=O) groups is 1. The van der Waals surface area contributed by atoms with Gasteiger partial charge < -0.3 is 14.2 Å². The number of nitrogens with zero attached hydrogens (tertiary/aromatic N) is 3. The molecule has 0 unspecified atom stereocenters. The number of piperidine rings is 2. The van der Waals surface area contributed by atoms with Crippen molar-refractivity contribution in [1.82, 2.24) is 14.4 Å². The van der Waals surface area contributed by atoms with Crippen molar-refractivity contribution in [3.8, 4) is 5.75 Å². The number of rotatable bonds is 15. The number of carbonyl (C=O) groups excluding carboxylic acids is 1. The highest BCUT2D eigenvalue weighted by molar-refractivity contribution is 6.30. The Balaban J connectivity index is 0.824.